The van der Waals surface area contributed by atoms with E-state index in [1.807, 2.05) is 26.0 Å². The van der Waals surface area contributed by atoms with Gasteiger partial charge in [0, 0.05) is 47.6 Å². The van der Waals surface area contributed by atoms with Gasteiger partial charge in [-0.05, 0) is 59.4 Å². The second-order valence-corrected chi connectivity index (χ2v) is 8.80. The lowest BCUT2D eigenvalue weighted by atomic mass is 9.68. The van der Waals surface area contributed by atoms with Crippen LogP contribution in [0.5, 0.6) is 0 Å². The normalized spacial score (nSPS) is 19.6. The molecule has 2 aromatic rings. The van der Waals surface area contributed by atoms with Crippen molar-refractivity contribution in [3.63, 3.8) is 0 Å². The van der Waals surface area contributed by atoms with Crippen LogP contribution in [0, 0.1) is 17.0 Å². The number of rotatable bonds is 4. The highest BCUT2D eigenvalue weighted by Gasteiger charge is 2.41. The zero-order chi connectivity index (χ0) is 22.3. The summed E-state index contributed by atoms with van der Waals surface area (Å²) in [7, 11) is 1.77. The molecule has 1 heterocycles. The van der Waals surface area contributed by atoms with Gasteiger partial charge >= 0.3 is 0 Å². The molecule has 2 N–H and O–H groups in total. The van der Waals surface area contributed by atoms with Crippen molar-refractivity contribution in [2.45, 2.75) is 32.6 Å². The summed E-state index contributed by atoms with van der Waals surface area (Å²) in [5.74, 6) is -2.49. The summed E-state index contributed by atoms with van der Waals surface area (Å²) in [4.78, 5) is 24.4. The number of benzene rings is 2. The fourth-order valence-corrected chi connectivity index (χ4v) is 4.70. The quantitative estimate of drug-likeness (QED) is 0.510. The SMILES string of the molecule is CNc1ccc2c(c1/C=C\C=O)C(c1ccc(F)c(F)c1)C1=C(CC(C)(C)CC1=O)N2. The molecule has 0 saturated carbocycles. The Balaban J connectivity index is 2.03. The minimum absolute atomic E-state index is 0.0145. The molecule has 4 nitrogen and oxygen atoms in total. The fraction of sp³-hybridized carbons (Fsp3) is 0.280. The number of aldehydes is 1. The van der Waals surface area contributed by atoms with E-state index in [0.29, 0.717) is 30.3 Å². The molecule has 31 heavy (non-hydrogen) atoms. The number of anilines is 2. The molecular weight excluding hydrogens is 398 g/mol. The minimum Gasteiger partial charge on any atom is -0.388 e. The van der Waals surface area contributed by atoms with Crippen LogP contribution in [0.3, 0.4) is 0 Å². The molecule has 6 heteroatoms. The number of halogens is 2. The van der Waals surface area contributed by atoms with Crippen LogP contribution in [0.15, 0.2) is 47.7 Å². The standard InChI is InChI=1S/C25H24F2N2O2/c1-25(2)12-20-24(21(31)13-25)22(14-6-7-16(26)17(27)11-14)23-15(5-4-10-30)18(28-3)8-9-19(23)29-20/h4-11,22,28-29H,12-13H2,1-3H3/b5-4-. The van der Waals surface area contributed by atoms with E-state index in [2.05, 4.69) is 10.6 Å². The van der Waals surface area contributed by atoms with Gasteiger partial charge in [-0.1, -0.05) is 19.9 Å². The van der Waals surface area contributed by atoms with Crippen LogP contribution in [0.2, 0.25) is 0 Å². The topological polar surface area (TPSA) is 58.2 Å². The molecular formula is C25H24F2N2O2. The second kappa shape index (κ2) is 7.76. The Morgan fingerprint density at radius 1 is 1.13 bits per heavy atom. The number of carbonyl (C=O) groups is 2. The molecule has 1 aliphatic heterocycles. The molecule has 0 fully saturated rings. The van der Waals surface area contributed by atoms with Crippen LogP contribution in [0.1, 0.15) is 49.3 Å². The third-order valence-electron chi connectivity index (χ3n) is 5.96. The third-order valence-corrected chi connectivity index (χ3v) is 5.96. The number of Topliss-reactive ketones (excluding diaryl/α,β-unsaturated/α-hetero) is 1. The number of carbonyl (C=O) groups excluding carboxylic acids is 2. The van der Waals surface area contributed by atoms with E-state index in [9.17, 15) is 18.4 Å². The lowest BCUT2D eigenvalue weighted by Crippen LogP contribution is -2.34. The Morgan fingerprint density at radius 3 is 2.58 bits per heavy atom. The first kappa shape index (κ1) is 21.0. The van der Waals surface area contributed by atoms with Gasteiger partial charge in [-0.25, -0.2) is 8.78 Å². The van der Waals surface area contributed by atoms with Gasteiger partial charge < -0.3 is 10.6 Å². The molecule has 0 saturated heterocycles. The molecule has 160 valence electrons. The van der Waals surface area contributed by atoms with Crippen molar-refractivity contribution < 1.29 is 18.4 Å². The van der Waals surface area contributed by atoms with Crippen molar-refractivity contribution in [3.05, 3.63) is 76.0 Å². The molecule has 2 aliphatic rings. The molecule has 0 bridgehead atoms. The molecule has 0 aromatic heterocycles. The Hall–Kier alpha value is -3.28. The Morgan fingerprint density at radius 2 is 1.90 bits per heavy atom. The van der Waals surface area contributed by atoms with Gasteiger partial charge in [-0.15, -0.1) is 0 Å². The third kappa shape index (κ3) is 3.67. The second-order valence-electron chi connectivity index (χ2n) is 8.80. The number of allylic oxidation sites excluding steroid dienone is 3. The van der Waals surface area contributed by atoms with Gasteiger partial charge in [0.25, 0.3) is 0 Å². The highest BCUT2D eigenvalue weighted by atomic mass is 19.2. The van der Waals surface area contributed by atoms with Crippen LogP contribution in [0.4, 0.5) is 20.2 Å². The average molecular weight is 422 g/mol. The van der Waals surface area contributed by atoms with Gasteiger partial charge in [0.05, 0.1) is 0 Å². The molecule has 0 spiro atoms. The first-order valence-corrected chi connectivity index (χ1v) is 10.2. The van der Waals surface area contributed by atoms with E-state index in [-0.39, 0.29) is 11.2 Å². The molecule has 1 unspecified atom stereocenters. The fourth-order valence-electron chi connectivity index (χ4n) is 4.70. The highest BCUT2D eigenvalue weighted by Crippen LogP contribution is 2.51. The maximum absolute atomic E-state index is 14.2. The van der Waals surface area contributed by atoms with E-state index < -0.39 is 17.6 Å². The van der Waals surface area contributed by atoms with Crippen LogP contribution in [-0.2, 0) is 9.59 Å². The largest absolute Gasteiger partial charge is 0.388 e. The number of hydrogen-bond acceptors (Lipinski definition) is 4. The van der Waals surface area contributed by atoms with Gasteiger partial charge in [0.1, 0.15) is 6.29 Å². The van der Waals surface area contributed by atoms with Crippen LogP contribution >= 0.6 is 0 Å². The number of fused-ring (bicyclic) bond motifs is 1. The zero-order valence-corrected chi connectivity index (χ0v) is 17.7. The lowest BCUT2D eigenvalue weighted by Gasteiger charge is -2.40. The van der Waals surface area contributed by atoms with Crippen LogP contribution in [-0.4, -0.2) is 19.1 Å². The summed E-state index contributed by atoms with van der Waals surface area (Å²) in [6.45, 7) is 4.08. The van der Waals surface area contributed by atoms with Crippen molar-refractivity contribution >= 4 is 29.5 Å². The summed E-state index contributed by atoms with van der Waals surface area (Å²) in [5.41, 5.74) is 4.70. The summed E-state index contributed by atoms with van der Waals surface area (Å²) < 4.78 is 28.0. The summed E-state index contributed by atoms with van der Waals surface area (Å²) in [5, 5.41) is 6.53. The Bertz CT molecular complexity index is 1150. The zero-order valence-electron chi connectivity index (χ0n) is 17.7. The summed E-state index contributed by atoms with van der Waals surface area (Å²) in [6, 6.07) is 7.57. The number of ketones is 1. The van der Waals surface area contributed by atoms with Crippen molar-refractivity contribution in [2.75, 3.05) is 17.7 Å². The van der Waals surface area contributed by atoms with E-state index in [4.69, 9.17) is 0 Å². The maximum Gasteiger partial charge on any atom is 0.162 e. The highest BCUT2D eigenvalue weighted by molar-refractivity contribution is 6.02. The number of nitrogens with one attached hydrogen (secondary N) is 2. The van der Waals surface area contributed by atoms with Crippen molar-refractivity contribution in [1.82, 2.24) is 0 Å². The van der Waals surface area contributed by atoms with Gasteiger partial charge in [-0.3, -0.25) is 9.59 Å². The molecule has 1 aliphatic carbocycles. The molecule has 0 radical (unpaired) electrons. The summed E-state index contributed by atoms with van der Waals surface area (Å²) >= 11 is 0. The Kier molecular flexibility index (Phi) is 5.25. The van der Waals surface area contributed by atoms with Gasteiger partial charge in [0.15, 0.2) is 17.4 Å². The monoisotopic (exact) mass is 422 g/mol. The first-order chi connectivity index (χ1) is 14.8. The van der Waals surface area contributed by atoms with Crippen molar-refractivity contribution in [1.29, 1.82) is 0 Å². The van der Waals surface area contributed by atoms with Gasteiger partial charge in [-0.2, -0.15) is 0 Å². The van der Waals surface area contributed by atoms with Crippen molar-refractivity contribution in [3.8, 4) is 0 Å². The molecule has 0 amide bonds. The first-order valence-electron chi connectivity index (χ1n) is 10.2. The van der Waals surface area contributed by atoms with E-state index in [0.717, 1.165) is 40.3 Å². The Labute approximate surface area is 180 Å². The van der Waals surface area contributed by atoms with Crippen molar-refractivity contribution in [2.24, 2.45) is 5.41 Å². The van der Waals surface area contributed by atoms with E-state index in [1.54, 1.807) is 13.1 Å². The smallest absolute Gasteiger partial charge is 0.162 e. The van der Waals surface area contributed by atoms with Crippen LogP contribution < -0.4 is 10.6 Å². The molecule has 4 rings (SSSR count). The average Bonchev–Trinajstić information content (AvgIpc) is 2.71. The molecule has 2 aromatic carbocycles. The molecule has 1 atom stereocenters. The number of hydrogen-bond donors (Lipinski definition) is 2. The maximum atomic E-state index is 14.2. The van der Waals surface area contributed by atoms with Gasteiger partial charge in [0.2, 0.25) is 0 Å². The predicted molar refractivity (Wildman–Crippen MR) is 118 cm³/mol. The van der Waals surface area contributed by atoms with Crippen LogP contribution in [0.25, 0.3) is 6.08 Å². The summed E-state index contributed by atoms with van der Waals surface area (Å²) in [6.07, 6.45) is 4.78. The van der Waals surface area contributed by atoms with E-state index >= 15 is 0 Å². The van der Waals surface area contributed by atoms with E-state index in [1.165, 1.54) is 12.1 Å². The lowest BCUT2D eigenvalue weighted by molar-refractivity contribution is -0.118. The predicted octanol–water partition coefficient (Wildman–Crippen LogP) is 5.42. The minimum atomic E-state index is -0.960.